The Morgan fingerprint density at radius 1 is 1.10 bits per heavy atom. The quantitative estimate of drug-likeness (QED) is 0.226. The first kappa shape index (κ1) is 19.9. The Kier molecular flexibility index (Phi) is 13.7. The normalized spacial score (nSPS) is 12.3. The number of rotatable bonds is 13. The van der Waals surface area contributed by atoms with Crippen LogP contribution in [0.3, 0.4) is 0 Å². The first-order valence-electron chi connectivity index (χ1n) is 7.10. The van der Waals surface area contributed by atoms with Gasteiger partial charge in [-0.25, -0.2) is 0 Å². The van der Waals surface area contributed by atoms with Crippen molar-refractivity contribution in [1.29, 1.82) is 0 Å². The lowest BCUT2D eigenvalue weighted by Crippen LogP contribution is -2.23. The maximum Gasteiger partial charge on any atom is 0.210 e. The number of ether oxygens (including phenoxy) is 2. The summed E-state index contributed by atoms with van der Waals surface area (Å²) in [4.78, 5) is 11.8. The molecule has 116 valence electrons. The molecule has 1 unspecified atom stereocenters. The first-order valence-corrected chi connectivity index (χ1v) is 9.20. The van der Waals surface area contributed by atoms with Gasteiger partial charge in [0.2, 0.25) is 5.78 Å². The van der Waals surface area contributed by atoms with Crippen LogP contribution in [0.1, 0.15) is 27.2 Å². The highest BCUT2D eigenvalue weighted by Gasteiger charge is 2.26. The lowest BCUT2D eigenvalue weighted by molar-refractivity contribution is -0.117. The number of carbonyl (C=O) groups excluding carboxylic acids is 1. The van der Waals surface area contributed by atoms with Gasteiger partial charge in [-0.3, -0.25) is 4.79 Å². The summed E-state index contributed by atoms with van der Waals surface area (Å²) in [6.45, 7) is 8.85. The molecule has 0 heterocycles. The number of hydrogen-bond acceptors (Lipinski definition) is 5. The van der Waals surface area contributed by atoms with Gasteiger partial charge >= 0.3 is 0 Å². The highest BCUT2D eigenvalue weighted by Crippen LogP contribution is 2.33. The Morgan fingerprint density at radius 2 is 1.60 bits per heavy atom. The second kappa shape index (κ2) is 13.8. The molecule has 0 aromatic rings. The number of ketones is 1. The molecule has 0 saturated carbocycles. The van der Waals surface area contributed by atoms with E-state index < -0.39 is 0 Å². The lowest BCUT2D eigenvalue weighted by atomic mass is 10.0. The summed E-state index contributed by atoms with van der Waals surface area (Å²) in [6, 6.07) is 0. The van der Waals surface area contributed by atoms with Gasteiger partial charge in [-0.2, -0.15) is 0 Å². The molecule has 0 rings (SSSR count). The lowest BCUT2D eigenvalue weighted by Gasteiger charge is -2.22. The summed E-state index contributed by atoms with van der Waals surface area (Å²) in [6.07, 6.45) is 6.05. The predicted octanol–water partition coefficient (Wildman–Crippen LogP) is 3.08. The summed E-state index contributed by atoms with van der Waals surface area (Å²) in [7, 11) is 0. The number of terminal acetylenes is 1. The van der Waals surface area contributed by atoms with Crippen LogP contribution in [0.25, 0.3) is 0 Å². The van der Waals surface area contributed by atoms with Gasteiger partial charge in [0, 0.05) is 24.7 Å². The molecule has 0 bridgehead atoms. The summed E-state index contributed by atoms with van der Waals surface area (Å²) in [5, 5.41) is 0. The van der Waals surface area contributed by atoms with Crippen molar-refractivity contribution in [3.8, 4) is 12.3 Å². The molecule has 0 amide bonds. The largest absolute Gasteiger partial charge is 0.381 e. The van der Waals surface area contributed by atoms with E-state index in [2.05, 4.69) is 5.92 Å². The second-order valence-electron chi connectivity index (χ2n) is 4.03. The van der Waals surface area contributed by atoms with E-state index in [4.69, 9.17) is 15.9 Å². The Bertz CT molecular complexity index is 277. The van der Waals surface area contributed by atoms with E-state index in [0.717, 1.165) is 31.1 Å². The fourth-order valence-electron chi connectivity index (χ4n) is 1.62. The molecule has 0 spiro atoms. The van der Waals surface area contributed by atoms with Crippen LogP contribution in [0.4, 0.5) is 0 Å². The van der Waals surface area contributed by atoms with Crippen molar-refractivity contribution in [2.75, 3.05) is 37.9 Å². The molecular weight excluding hydrogens is 292 g/mol. The second-order valence-corrected chi connectivity index (χ2v) is 6.82. The molecule has 5 heteroatoms. The molecule has 0 aliphatic heterocycles. The molecule has 0 aromatic carbocycles. The van der Waals surface area contributed by atoms with Crippen LogP contribution in [0.15, 0.2) is 0 Å². The number of carbonyl (C=O) groups is 1. The number of hydrogen-bond donors (Lipinski definition) is 0. The van der Waals surface area contributed by atoms with E-state index in [1.807, 2.05) is 20.8 Å². The molecule has 0 fully saturated rings. The van der Waals surface area contributed by atoms with Gasteiger partial charge in [0.1, 0.15) is 0 Å². The van der Waals surface area contributed by atoms with E-state index in [1.165, 1.54) is 0 Å². The molecule has 3 nitrogen and oxygen atoms in total. The van der Waals surface area contributed by atoms with E-state index in [0.29, 0.717) is 13.2 Å². The van der Waals surface area contributed by atoms with Gasteiger partial charge in [0.05, 0.1) is 23.7 Å². The zero-order valence-corrected chi connectivity index (χ0v) is 14.4. The third-order valence-corrected chi connectivity index (χ3v) is 5.61. The molecule has 0 aromatic heterocycles. The van der Waals surface area contributed by atoms with Crippen LogP contribution >= 0.6 is 23.5 Å². The zero-order valence-electron chi connectivity index (χ0n) is 12.7. The minimum Gasteiger partial charge on any atom is -0.381 e. The SMILES string of the molecule is C#CC(=O)C(CC)C(SCCOCC)SCCOCC. The molecule has 1 atom stereocenters. The van der Waals surface area contributed by atoms with Crippen LogP contribution in [0.2, 0.25) is 0 Å². The fourth-order valence-corrected chi connectivity index (χ4v) is 4.58. The topological polar surface area (TPSA) is 35.5 Å². The number of thioether (sulfide) groups is 2. The van der Waals surface area contributed by atoms with Crippen molar-refractivity contribution in [3.63, 3.8) is 0 Å². The van der Waals surface area contributed by atoms with E-state index >= 15 is 0 Å². The van der Waals surface area contributed by atoms with Crippen molar-refractivity contribution in [2.45, 2.75) is 31.8 Å². The summed E-state index contributed by atoms with van der Waals surface area (Å²) in [5.41, 5.74) is 0. The van der Waals surface area contributed by atoms with Gasteiger partial charge in [-0.05, 0) is 26.2 Å². The van der Waals surface area contributed by atoms with Crippen LogP contribution in [0, 0.1) is 18.3 Å². The Hall–Kier alpha value is -0.150. The number of Topliss-reactive ketones (excluding diaryl/α,β-unsaturated/α-hetero) is 1. The molecule has 0 N–H and O–H groups in total. The maximum atomic E-state index is 11.8. The molecule has 0 aliphatic rings. The molecule has 0 radical (unpaired) electrons. The zero-order chi connectivity index (χ0) is 15.2. The Balaban J connectivity index is 4.34. The van der Waals surface area contributed by atoms with Crippen molar-refractivity contribution >= 4 is 29.3 Å². The highest BCUT2D eigenvalue weighted by molar-refractivity contribution is 8.17. The van der Waals surface area contributed by atoms with Gasteiger partial charge in [-0.1, -0.05) is 6.92 Å². The average molecular weight is 319 g/mol. The third kappa shape index (κ3) is 8.91. The van der Waals surface area contributed by atoms with Gasteiger partial charge in [0.25, 0.3) is 0 Å². The minimum atomic E-state index is -0.0923. The van der Waals surface area contributed by atoms with Crippen molar-refractivity contribution < 1.29 is 14.3 Å². The summed E-state index contributed by atoms with van der Waals surface area (Å²) in [5.74, 6) is 3.86. The van der Waals surface area contributed by atoms with Gasteiger partial charge in [0.15, 0.2) is 0 Å². The predicted molar refractivity (Wildman–Crippen MR) is 89.3 cm³/mol. The van der Waals surface area contributed by atoms with Crippen LogP contribution in [0.5, 0.6) is 0 Å². The third-order valence-electron chi connectivity index (χ3n) is 2.68. The van der Waals surface area contributed by atoms with Crippen LogP contribution < -0.4 is 0 Å². The molecular formula is C15H26O3S2. The van der Waals surface area contributed by atoms with E-state index in [-0.39, 0.29) is 16.3 Å². The average Bonchev–Trinajstić information content (AvgIpc) is 2.47. The molecule has 0 saturated heterocycles. The van der Waals surface area contributed by atoms with Gasteiger partial charge < -0.3 is 9.47 Å². The summed E-state index contributed by atoms with van der Waals surface area (Å²) < 4.78 is 10.9. The Labute approximate surface area is 131 Å². The highest BCUT2D eigenvalue weighted by atomic mass is 32.2. The van der Waals surface area contributed by atoms with Crippen LogP contribution in [-0.4, -0.2) is 48.3 Å². The maximum absolute atomic E-state index is 11.8. The van der Waals surface area contributed by atoms with Crippen molar-refractivity contribution in [2.24, 2.45) is 5.92 Å². The van der Waals surface area contributed by atoms with E-state index in [1.54, 1.807) is 23.5 Å². The molecule has 20 heavy (non-hydrogen) atoms. The standard InChI is InChI=1S/C15H26O3S2/c1-5-13(14(16)6-2)15(19-11-9-17-7-3)20-12-10-18-8-4/h2,13,15H,5,7-12H2,1,3-4H3. The summed E-state index contributed by atoms with van der Waals surface area (Å²) >= 11 is 3.52. The molecule has 0 aliphatic carbocycles. The Morgan fingerprint density at radius 3 is 1.95 bits per heavy atom. The van der Waals surface area contributed by atoms with E-state index in [9.17, 15) is 4.79 Å². The smallest absolute Gasteiger partial charge is 0.210 e. The first-order chi connectivity index (χ1) is 9.71. The van der Waals surface area contributed by atoms with Crippen molar-refractivity contribution in [3.05, 3.63) is 0 Å². The minimum absolute atomic E-state index is 0.0850. The van der Waals surface area contributed by atoms with Gasteiger partial charge in [-0.15, -0.1) is 29.9 Å². The van der Waals surface area contributed by atoms with Crippen LogP contribution in [-0.2, 0) is 14.3 Å². The fraction of sp³-hybridized carbons (Fsp3) is 0.800. The van der Waals surface area contributed by atoms with Crippen molar-refractivity contribution in [1.82, 2.24) is 0 Å². The monoisotopic (exact) mass is 318 g/mol.